The van der Waals surface area contributed by atoms with Gasteiger partial charge in [0.15, 0.2) is 5.82 Å². The van der Waals surface area contributed by atoms with Gasteiger partial charge in [0, 0.05) is 54.7 Å². The van der Waals surface area contributed by atoms with Gasteiger partial charge in [0.1, 0.15) is 11.6 Å². The standard InChI is InChI=1S/C26H22F3N5O4S/c1-38-23-13-19(16-4-2-5-17(12-16)26(28)29)20(27)14-22(23)34-21-9-11-33(15-18(21)7-8-25(34)35)39(36,37)32-24-6-3-10-30-31-24/h2-8,10,12-14,26H,9,11,15H2,1H3,(H,31,32). The van der Waals surface area contributed by atoms with Crippen LogP contribution in [0, 0.1) is 5.82 Å². The first-order chi connectivity index (χ1) is 18.7. The molecule has 13 heteroatoms. The van der Waals surface area contributed by atoms with E-state index in [1.807, 2.05) is 0 Å². The Morgan fingerprint density at radius 3 is 2.62 bits per heavy atom. The number of hydrogen-bond donors (Lipinski definition) is 1. The van der Waals surface area contributed by atoms with Crippen LogP contribution < -0.4 is 15.0 Å². The van der Waals surface area contributed by atoms with E-state index in [1.54, 1.807) is 6.07 Å². The summed E-state index contributed by atoms with van der Waals surface area (Å²) in [5, 5.41) is 7.40. The van der Waals surface area contributed by atoms with Crippen LogP contribution in [-0.4, -0.2) is 41.1 Å². The van der Waals surface area contributed by atoms with Crippen molar-refractivity contribution in [3.05, 3.63) is 99.9 Å². The van der Waals surface area contributed by atoms with Crippen LogP contribution in [-0.2, 0) is 23.2 Å². The second-order valence-corrected chi connectivity index (χ2v) is 10.4. The van der Waals surface area contributed by atoms with E-state index in [2.05, 4.69) is 14.9 Å². The van der Waals surface area contributed by atoms with Gasteiger partial charge >= 0.3 is 10.2 Å². The van der Waals surface area contributed by atoms with E-state index >= 15 is 4.39 Å². The van der Waals surface area contributed by atoms with E-state index in [-0.39, 0.29) is 53.5 Å². The minimum Gasteiger partial charge on any atom is -0.495 e. The molecule has 1 N–H and O–H groups in total. The highest BCUT2D eigenvalue weighted by molar-refractivity contribution is 7.90. The summed E-state index contributed by atoms with van der Waals surface area (Å²) in [7, 11) is -2.63. The molecule has 2 aromatic carbocycles. The zero-order valence-electron chi connectivity index (χ0n) is 20.5. The summed E-state index contributed by atoms with van der Waals surface area (Å²) in [5.41, 5.74) is 0.696. The molecule has 0 radical (unpaired) electrons. The molecule has 1 aliphatic heterocycles. The van der Waals surface area contributed by atoms with Crippen molar-refractivity contribution < 1.29 is 26.3 Å². The normalized spacial score (nSPS) is 13.8. The topological polar surface area (TPSA) is 106 Å². The fourth-order valence-electron chi connectivity index (χ4n) is 4.50. The SMILES string of the molecule is COc1cc(-c2cccc(C(F)F)c2)c(F)cc1-n1c2c(ccc1=O)CN(S(=O)(=O)Nc1cccnn1)CC2. The minimum atomic E-state index is -3.98. The third kappa shape index (κ3) is 5.22. The monoisotopic (exact) mass is 557 g/mol. The van der Waals surface area contributed by atoms with Gasteiger partial charge in [-0.25, -0.2) is 13.2 Å². The highest BCUT2D eigenvalue weighted by atomic mass is 32.2. The zero-order valence-corrected chi connectivity index (χ0v) is 21.3. The molecule has 0 bridgehead atoms. The molecular formula is C26H22F3N5O4S. The first kappa shape index (κ1) is 26.4. The molecule has 39 heavy (non-hydrogen) atoms. The summed E-state index contributed by atoms with van der Waals surface area (Å²) >= 11 is 0. The van der Waals surface area contributed by atoms with Crippen LogP contribution in [0.25, 0.3) is 16.8 Å². The molecule has 9 nitrogen and oxygen atoms in total. The Labute approximate surface area is 221 Å². The molecule has 0 atom stereocenters. The summed E-state index contributed by atoms with van der Waals surface area (Å²) in [6.45, 7) is -0.0101. The van der Waals surface area contributed by atoms with Gasteiger partial charge in [-0.2, -0.15) is 17.8 Å². The Bertz CT molecular complexity index is 1700. The van der Waals surface area contributed by atoms with Crippen LogP contribution in [0.3, 0.4) is 0 Å². The third-order valence-corrected chi connectivity index (χ3v) is 7.80. The number of halogens is 3. The van der Waals surface area contributed by atoms with Crippen LogP contribution in [0.5, 0.6) is 5.75 Å². The Morgan fingerprint density at radius 2 is 1.90 bits per heavy atom. The predicted molar refractivity (Wildman–Crippen MR) is 138 cm³/mol. The van der Waals surface area contributed by atoms with Crippen LogP contribution >= 0.6 is 0 Å². The number of nitrogens with one attached hydrogen (secondary N) is 1. The highest BCUT2D eigenvalue weighted by Crippen LogP contribution is 2.35. The number of methoxy groups -OCH3 is 1. The van der Waals surface area contributed by atoms with Gasteiger partial charge in [-0.1, -0.05) is 24.3 Å². The second-order valence-electron chi connectivity index (χ2n) is 8.71. The van der Waals surface area contributed by atoms with Crippen molar-refractivity contribution in [3.63, 3.8) is 0 Å². The van der Waals surface area contributed by atoms with Gasteiger partial charge in [-0.3, -0.25) is 14.1 Å². The Morgan fingerprint density at radius 1 is 1.08 bits per heavy atom. The van der Waals surface area contributed by atoms with Crippen molar-refractivity contribution in [3.8, 4) is 22.6 Å². The number of rotatable bonds is 7. The smallest absolute Gasteiger partial charge is 0.303 e. The summed E-state index contributed by atoms with van der Waals surface area (Å²) in [5.74, 6) is -0.536. The summed E-state index contributed by atoms with van der Waals surface area (Å²) in [4.78, 5) is 13.0. The zero-order chi connectivity index (χ0) is 27.7. The molecule has 0 fully saturated rings. The van der Waals surface area contributed by atoms with Crippen molar-refractivity contribution in [2.45, 2.75) is 19.4 Å². The van der Waals surface area contributed by atoms with Gasteiger partial charge < -0.3 is 4.74 Å². The van der Waals surface area contributed by atoms with Crippen molar-refractivity contribution in [2.24, 2.45) is 0 Å². The lowest BCUT2D eigenvalue weighted by molar-refractivity contribution is 0.151. The lowest BCUT2D eigenvalue weighted by Crippen LogP contribution is -2.41. The van der Waals surface area contributed by atoms with Gasteiger partial charge in [-0.05, 0) is 35.4 Å². The van der Waals surface area contributed by atoms with Gasteiger partial charge in [-0.15, -0.1) is 5.10 Å². The van der Waals surface area contributed by atoms with E-state index < -0.39 is 28.0 Å². The quantitative estimate of drug-likeness (QED) is 0.367. The highest BCUT2D eigenvalue weighted by Gasteiger charge is 2.30. The second kappa shape index (κ2) is 10.5. The maximum atomic E-state index is 15.4. The molecule has 0 unspecified atom stereocenters. The average molecular weight is 558 g/mol. The van der Waals surface area contributed by atoms with Gasteiger partial charge in [0.2, 0.25) is 0 Å². The molecule has 0 amide bonds. The predicted octanol–water partition coefficient (Wildman–Crippen LogP) is 4.09. The van der Waals surface area contributed by atoms with Gasteiger partial charge in [0.05, 0.1) is 12.8 Å². The maximum Gasteiger partial charge on any atom is 0.303 e. The molecule has 0 aliphatic carbocycles. The number of hydrogen-bond acceptors (Lipinski definition) is 6. The van der Waals surface area contributed by atoms with Crippen molar-refractivity contribution >= 4 is 16.0 Å². The van der Waals surface area contributed by atoms with E-state index in [0.29, 0.717) is 11.3 Å². The fourth-order valence-corrected chi connectivity index (χ4v) is 5.64. The van der Waals surface area contributed by atoms with E-state index in [9.17, 15) is 22.0 Å². The summed E-state index contributed by atoms with van der Waals surface area (Å²) in [6.07, 6.45) is -1.16. The van der Waals surface area contributed by atoms with E-state index in [1.165, 1.54) is 70.7 Å². The van der Waals surface area contributed by atoms with E-state index in [4.69, 9.17) is 4.74 Å². The maximum absolute atomic E-state index is 15.4. The molecule has 202 valence electrons. The third-order valence-electron chi connectivity index (χ3n) is 6.34. The van der Waals surface area contributed by atoms with Crippen LogP contribution in [0.4, 0.5) is 19.0 Å². The van der Waals surface area contributed by atoms with Crippen molar-refractivity contribution in [1.82, 2.24) is 19.1 Å². The first-order valence-electron chi connectivity index (χ1n) is 11.7. The number of anilines is 1. The largest absolute Gasteiger partial charge is 0.495 e. The molecule has 3 heterocycles. The Balaban J connectivity index is 1.53. The number of fused-ring (bicyclic) bond motifs is 1. The number of alkyl halides is 2. The van der Waals surface area contributed by atoms with Crippen molar-refractivity contribution in [2.75, 3.05) is 18.4 Å². The lowest BCUT2D eigenvalue weighted by atomic mass is 10.0. The molecule has 5 rings (SSSR count). The summed E-state index contributed by atoms with van der Waals surface area (Å²) < 4.78 is 78.0. The van der Waals surface area contributed by atoms with Crippen molar-refractivity contribution in [1.29, 1.82) is 0 Å². The first-order valence-corrected chi connectivity index (χ1v) is 13.2. The van der Waals surface area contributed by atoms with Crippen LogP contribution in [0.2, 0.25) is 0 Å². The fraction of sp³-hybridized carbons (Fsp3) is 0.192. The Kier molecular flexibility index (Phi) is 7.10. The molecule has 2 aromatic heterocycles. The number of aromatic nitrogens is 3. The van der Waals surface area contributed by atoms with Crippen LogP contribution in [0.1, 0.15) is 23.2 Å². The van der Waals surface area contributed by atoms with E-state index in [0.717, 1.165) is 6.07 Å². The number of ether oxygens (including phenoxy) is 1. The average Bonchev–Trinajstić information content (AvgIpc) is 2.93. The number of benzene rings is 2. The molecule has 0 saturated heterocycles. The molecule has 1 aliphatic rings. The molecule has 0 saturated carbocycles. The Hall–Kier alpha value is -4.23. The summed E-state index contributed by atoms with van der Waals surface area (Å²) in [6, 6.07) is 13.6. The molecular weight excluding hydrogens is 535 g/mol. The number of pyridine rings is 1. The molecule has 4 aromatic rings. The van der Waals surface area contributed by atoms with Gasteiger partial charge in [0.25, 0.3) is 12.0 Å². The lowest BCUT2D eigenvalue weighted by Gasteiger charge is -2.30. The number of nitrogens with zero attached hydrogens (tertiary/aromatic N) is 4. The van der Waals surface area contributed by atoms with Crippen LogP contribution in [0.15, 0.2) is 71.7 Å². The molecule has 0 spiro atoms. The minimum absolute atomic E-state index is 0.0308.